The highest BCUT2D eigenvalue weighted by molar-refractivity contribution is 6.12. The van der Waals surface area contributed by atoms with Crippen LogP contribution in [0.3, 0.4) is 0 Å². The van der Waals surface area contributed by atoms with Gasteiger partial charge in [0.15, 0.2) is 54.0 Å². The summed E-state index contributed by atoms with van der Waals surface area (Å²) in [6.07, 6.45) is -63.1. The van der Waals surface area contributed by atoms with E-state index < -0.39 is 356 Å². The minimum absolute atomic E-state index is 0.0343. The van der Waals surface area contributed by atoms with E-state index in [1.54, 1.807) is 13.1 Å². The van der Waals surface area contributed by atoms with Crippen LogP contribution in [0, 0.1) is 56.7 Å². The molecule has 0 aromatic heterocycles. The molecule has 7 rings (SSSR count). The molecule has 0 aromatic rings. The molecule has 0 spiro atoms. The van der Waals surface area contributed by atoms with Crippen LogP contribution in [-0.4, -0.2) is 416 Å². The van der Waals surface area contributed by atoms with E-state index in [2.05, 4.69) is 25.3 Å². The number of carbonyl (C=O) groups is 5. The van der Waals surface area contributed by atoms with Gasteiger partial charge in [-0.15, -0.1) is 0 Å². The average molecular weight is 2070 g/mol. The number of imide groups is 1. The number of nitrogens with one attached hydrogen (secondary N) is 1. The minimum Gasteiger partial charge on any atom is -0.506 e. The number of aliphatic hydroxyl groups excluding tert-OH is 30. The molecule has 32 N–H and O–H groups in total. The van der Waals surface area contributed by atoms with E-state index in [1.807, 2.05) is 20.8 Å². The Bertz CT molecular complexity index is 4340. The van der Waals surface area contributed by atoms with Crippen LogP contribution in [0.1, 0.15) is 199 Å². The lowest BCUT2D eigenvalue weighted by molar-refractivity contribution is -0.330. The number of nitrogens with zero attached hydrogens (tertiary/aromatic N) is 2. The summed E-state index contributed by atoms with van der Waals surface area (Å²) in [6, 6.07) is 0. The smallest absolute Gasteiger partial charge is 0.312 e. The first kappa shape index (κ1) is 123. The molecule has 7 aliphatic rings. The third-order valence-corrected chi connectivity index (χ3v) is 29.2. The lowest BCUT2D eigenvalue weighted by Gasteiger charge is -2.71. The Morgan fingerprint density at radius 2 is 1.15 bits per heavy atom. The lowest BCUT2D eigenvalue weighted by atomic mass is 9.34. The number of allylic oxidation sites excluding steroid dienone is 2. The summed E-state index contributed by atoms with van der Waals surface area (Å²) in [7, 11) is 0. The van der Waals surface area contributed by atoms with Crippen molar-refractivity contribution >= 4 is 35.9 Å². The molecular weight excluding hydrogens is 1910 g/mol. The second kappa shape index (κ2) is 52.7. The molecule has 40 atom stereocenters. The Hall–Kier alpha value is -7.38. The van der Waals surface area contributed by atoms with Gasteiger partial charge in [0.25, 0.3) is 30.7 Å². The number of carboxylic acids is 1. The Labute approximate surface area is 825 Å². The molecule has 2 aliphatic heterocycles. The maximum Gasteiger partial charge on any atom is 0.312 e. The van der Waals surface area contributed by atoms with Crippen molar-refractivity contribution < 1.29 is 234 Å². The summed E-state index contributed by atoms with van der Waals surface area (Å²) in [5.41, 5.74) is -0.944. The van der Waals surface area contributed by atoms with E-state index in [-0.39, 0.29) is 57.5 Å². The van der Waals surface area contributed by atoms with Gasteiger partial charge in [0, 0.05) is 69.3 Å². The zero-order valence-corrected chi connectivity index (χ0v) is 82.2. The van der Waals surface area contributed by atoms with Crippen molar-refractivity contribution in [3.63, 3.8) is 0 Å². The summed E-state index contributed by atoms with van der Waals surface area (Å²) in [4.78, 5) is 66.0. The number of hydrogen-bond donors (Lipinski definition) is 32. The van der Waals surface area contributed by atoms with Crippen molar-refractivity contribution in [3.05, 3.63) is 69.9 Å². The van der Waals surface area contributed by atoms with E-state index in [0.29, 0.717) is 44.9 Å². The van der Waals surface area contributed by atoms with Crippen molar-refractivity contribution in [2.24, 2.45) is 61.8 Å². The third-order valence-electron chi connectivity index (χ3n) is 29.2. The van der Waals surface area contributed by atoms with Gasteiger partial charge in [-0.1, -0.05) is 79.9 Å². The molecule has 2 heterocycles. The second-order valence-corrected chi connectivity index (χ2v) is 39.9. The van der Waals surface area contributed by atoms with Crippen LogP contribution in [0.5, 0.6) is 0 Å². The number of aliphatic hydroxyl groups is 30. The molecule has 4 saturated carbocycles. The second-order valence-electron chi connectivity index (χ2n) is 39.9. The lowest BCUT2D eigenvalue weighted by Crippen LogP contribution is -2.66. The van der Waals surface area contributed by atoms with Gasteiger partial charge < -0.3 is 216 Å². The highest BCUT2D eigenvalue weighted by Gasteiger charge is 2.70. The first-order valence-corrected chi connectivity index (χ1v) is 48.0. The Kier molecular flexibility index (Phi) is 45.1. The standard InChI is InChI=1S/C93H153N3O47/c1-14-51(135-84(129)72(123)76(52(15-2)134-43(7)102)140-81(126)67(118)61(112)40(4)100)64(115)77(142-88-70(121)65(116)74(42(6)133-88)138-85(130)71(122)73(41(5)101)137-82(127)68(119)62(113)47(103)26-32-97)86(131)143-79(124)45-36-89(8,9)35-44-46-20-21-54-90(10)28-25-55(136-87(132)78(141-83(128)69(120)63(114)48(104)27-33-98)75(49(105)34-58(109)110)139-80(125)66(117)60(111)39(3)99)91(11,53(90)24-29-92(54,12)93(46,13)37-50(106)59(44)45)38-95-94-30-18-16-17-19-31-96-56(107)22-23-57(96)108/h20,22-23,38-42,44-45,47-55,59,61-62,65,67-68,70-74,76,80-88,94,97-101,103-106,111-123,125-132H,14-19,21,24-37H2,1-13H3,(H,109,110)/b66-60-,69-63+,77-64+,78-75-,95-38+/t39?,40?,41?,42?,44?,45-,47?,48?,49?,50-,51?,52?,53?,54?,55+,59?,61?,62?,65?,67?,68?,70?,71?,72?,73?,74?,76?,80?,81?,82?,83?,84?,85?,86?,87?,88?,90+,91+,92-,93-/m1/s1. The number of esters is 2. The van der Waals surface area contributed by atoms with E-state index in [1.165, 1.54) is 26.0 Å². The Balaban J connectivity index is 1.28. The van der Waals surface area contributed by atoms with Crippen LogP contribution in [0.2, 0.25) is 0 Å². The molecule has 2 amide bonds. The number of rotatable bonds is 56. The largest absolute Gasteiger partial charge is 0.506 e. The molecule has 0 aromatic carbocycles. The molecule has 5 fully saturated rings. The van der Waals surface area contributed by atoms with E-state index in [9.17, 15) is 177 Å². The third kappa shape index (κ3) is 29.0. The fourth-order valence-corrected chi connectivity index (χ4v) is 21.4. The normalized spacial score (nSPS) is 32.4. The molecule has 1 saturated heterocycles. The first-order chi connectivity index (χ1) is 66.6. The molecular formula is C93H153N3O47. The molecule has 50 nitrogen and oxygen atoms in total. The van der Waals surface area contributed by atoms with Crippen LogP contribution in [0.15, 0.2) is 75.0 Å². The number of fused-ring (bicyclic) bond motifs is 7. The number of carbonyl (C=O) groups excluding carboxylic acids is 4. The highest BCUT2D eigenvalue weighted by atomic mass is 16.7. The van der Waals surface area contributed by atoms with Crippen molar-refractivity contribution in [2.45, 2.75) is 390 Å². The molecule has 143 heavy (non-hydrogen) atoms. The van der Waals surface area contributed by atoms with Crippen molar-refractivity contribution in [2.75, 3.05) is 26.3 Å². The average Bonchev–Trinajstić information content (AvgIpc) is 0.705. The summed E-state index contributed by atoms with van der Waals surface area (Å²) in [6.45, 7) is 18.3. The molecule has 0 bridgehead atoms. The van der Waals surface area contributed by atoms with Gasteiger partial charge in [-0.3, -0.25) is 28.9 Å². The van der Waals surface area contributed by atoms with Gasteiger partial charge in [0.1, 0.15) is 97.7 Å². The van der Waals surface area contributed by atoms with Crippen LogP contribution >= 0.6 is 0 Å². The number of ether oxygens (including phenoxy) is 11. The molecule has 33 unspecified atom stereocenters. The molecule has 5 aliphatic carbocycles. The molecule has 50 heteroatoms. The SMILES string of the molecule is CCC(OC(O)C(O)C(OC(O)C(O)C(O)C(C)O)C(CC)OC(C)=O)/C(O)=C(\OC1OC(C)C(OC(O)C(O)C(OC(O)C(O)C(O)C(O)CCO)C(C)O)C(O)C1O)C(O)OC(=O)[C@@H]1CC(C)(C)CC2C3=CCC4[C@@]5(C)CC[C@H](OC(O)/C(OC(O)/C(O)=C(\O)C(O)CCO)=C(/OC(O)/C(O)=C(/O)C(C)O)C(O)CC(=O)O)[C@@](C)(/C=N/NCCCCCCN6C(=O)C=CC6=O)C5CC[C@@]4(C)[C@]3(C)C[C@@H](O)C21. The quantitative estimate of drug-likeness (QED) is 0.00406. The fourth-order valence-electron chi connectivity index (χ4n) is 21.4. The van der Waals surface area contributed by atoms with Gasteiger partial charge in [-0.2, -0.15) is 5.10 Å². The number of amides is 2. The zero-order chi connectivity index (χ0) is 108. The number of carboxylic acid groups (broad SMARTS) is 1. The van der Waals surface area contributed by atoms with E-state index in [0.717, 1.165) is 45.1 Å². The van der Waals surface area contributed by atoms with E-state index in [4.69, 9.17) is 57.2 Å². The maximum atomic E-state index is 15.7. The molecule has 822 valence electrons. The van der Waals surface area contributed by atoms with Crippen molar-refractivity contribution in [1.29, 1.82) is 0 Å². The fraction of sp³-hybridized carbons (Fsp3) is 0.806. The van der Waals surface area contributed by atoms with Crippen molar-refractivity contribution in [3.8, 4) is 0 Å². The predicted octanol–water partition coefficient (Wildman–Crippen LogP) is -3.79. The number of hydrogen-bond acceptors (Lipinski definition) is 48. The van der Waals surface area contributed by atoms with Crippen LogP contribution < -0.4 is 5.43 Å². The first-order valence-electron chi connectivity index (χ1n) is 48.0. The van der Waals surface area contributed by atoms with Gasteiger partial charge in [-0.05, 0) is 151 Å². The van der Waals surface area contributed by atoms with Gasteiger partial charge in [0.05, 0.1) is 49.0 Å². The van der Waals surface area contributed by atoms with Gasteiger partial charge in [0.2, 0.25) is 29.9 Å². The summed E-state index contributed by atoms with van der Waals surface area (Å²) >= 11 is 0. The predicted molar refractivity (Wildman–Crippen MR) is 486 cm³/mol. The zero-order valence-electron chi connectivity index (χ0n) is 82.2. The number of unbranched alkanes of at least 4 members (excludes halogenated alkanes) is 3. The summed E-state index contributed by atoms with van der Waals surface area (Å²) in [5.74, 6) is -20.2. The molecule has 0 radical (unpaired) electrons. The highest BCUT2D eigenvalue weighted by Crippen LogP contribution is 2.75. The Morgan fingerprint density at radius 1 is 0.573 bits per heavy atom. The summed E-state index contributed by atoms with van der Waals surface area (Å²) in [5, 5.41) is 347. The number of aliphatic carboxylic acids is 1. The number of hydrazone groups is 1. The summed E-state index contributed by atoms with van der Waals surface area (Å²) < 4.78 is 62.7. The van der Waals surface area contributed by atoms with Crippen LogP contribution in [0.4, 0.5) is 0 Å². The maximum absolute atomic E-state index is 15.7. The van der Waals surface area contributed by atoms with E-state index >= 15 is 4.79 Å². The van der Waals surface area contributed by atoms with Crippen molar-refractivity contribution in [1.82, 2.24) is 10.3 Å². The topological polar surface area (TPSA) is 842 Å². The Morgan fingerprint density at radius 3 is 1.71 bits per heavy atom. The van der Waals surface area contributed by atoms with Gasteiger partial charge in [-0.25, -0.2) is 0 Å². The minimum atomic E-state index is -2.94. The van der Waals surface area contributed by atoms with Crippen LogP contribution in [-0.2, 0) is 76.1 Å². The monoisotopic (exact) mass is 2060 g/mol. The van der Waals surface area contributed by atoms with Gasteiger partial charge >= 0.3 is 17.9 Å². The van der Waals surface area contributed by atoms with Crippen LogP contribution in [0.25, 0.3) is 0 Å².